The maximum atomic E-state index is 12.2. The van der Waals surface area contributed by atoms with Crippen molar-refractivity contribution >= 4 is 14.4 Å². The largest absolute Gasteiger partial charge is 0.444 e. The standard InChI is InChI=1S/C23H43NO5Si/c1-21(2,3)29-20(25)24-17-9-10-18-16(13-17)14-23(26-11-12-27-23)19(18)15-28-30(7,8)22(4,5)6/h16-19H,9-15H2,1-8H3,(H,24,25)/t16-,17?,18+,19-/m0/s1. The predicted octanol–water partition coefficient (Wildman–Crippen LogP) is 5.08. The minimum Gasteiger partial charge on any atom is -0.444 e. The smallest absolute Gasteiger partial charge is 0.407 e. The summed E-state index contributed by atoms with van der Waals surface area (Å²) in [5, 5.41) is 3.28. The molecule has 1 spiro atoms. The van der Waals surface area contributed by atoms with Gasteiger partial charge in [-0.05, 0) is 70.0 Å². The van der Waals surface area contributed by atoms with E-state index in [2.05, 4.69) is 39.2 Å². The van der Waals surface area contributed by atoms with Crippen LogP contribution < -0.4 is 5.32 Å². The first-order valence-corrected chi connectivity index (χ1v) is 14.5. The molecule has 0 aromatic carbocycles. The monoisotopic (exact) mass is 441 g/mol. The molecule has 0 radical (unpaired) electrons. The highest BCUT2D eigenvalue weighted by Crippen LogP contribution is 2.55. The van der Waals surface area contributed by atoms with E-state index in [-0.39, 0.29) is 23.1 Å². The van der Waals surface area contributed by atoms with Crippen molar-refractivity contribution in [3.8, 4) is 0 Å². The van der Waals surface area contributed by atoms with Crippen molar-refractivity contribution in [3.05, 3.63) is 0 Å². The van der Waals surface area contributed by atoms with Crippen molar-refractivity contribution in [2.75, 3.05) is 19.8 Å². The fourth-order valence-electron chi connectivity index (χ4n) is 5.07. The summed E-state index contributed by atoms with van der Waals surface area (Å²) in [6.45, 7) is 19.2. The molecule has 2 saturated carbocycles. The maximum Gasteiger partial charge on any atom is 0.407 e. The third kappa shape index (κ3) is 5.22. The van der Waals surface area contributed by atoms with Crippen molar-refractivity contribution in [2.45, 2.75) is 103 Å². The number of carbonyl (C=O) groups is 1. The van der Waals surface area contributed by atoms with E-state index in [0.717, 1.165) is 25.7 Å². The highest BCUT2D eigenvalue weighted by molar-refractivity contribution is 6.74. The molecule has 1 heterocycles. The third-order valence-corrected chi connectivity index (χ3v) is 12.1. The van der Waals surface area contributed by atoms with Crippen molar-refractivity contribution in [1.82, 2.24) is 5.32 Å². The zero-order valence-electron chi connectivity index (χ0n) is 20.3. The lowest BCUT2D eigenvalue weighted by molar-refractivity contribution is -0.193. The number of fused-ring (bicyclic) bond motifs is 1. The van der Waals surface area contributed by atoms with Gasteiger partial charge in [-0.1, -0.05) is 20.8 Å². The van der Waals surface area contributed by atoms with Gasteiger partial charge in [0.05, 0.1) is 13.2 Å². The predicted molar refractivity (Wildman–Crippen MR) is 120 cm³/mol. The number of ether oxygens (including phenoxy) is 3. The van der Waals surface area contributed by atoms with Gasteiger partial charge in [0.2, 0.25) is 0 Å². The summed E-state index contributed by atoms with van der Waals surface area (Å²) in [7, 11) is -1.84. The van der Waals surface area contributed by atoms with Gasteiger partial charge in [0.15, 0.2) is 14.1 Å². The van der Waals surface area contributed by atoms with Gasteiger partial charge in [0.1, 0.15) is 5.60 Å². The lowest BCUT2D eigenvalue weighted by Gasteiger charge is -2.40. The lowest BCUT2D eigenvalue weighted by atomic mass is 9.76. The Balaban J connectivity index is 1.66. The topological polar surface area (TPSA) is 66.0 Å². The normalized spacial score (nSPS) is 31.6. The Kier molecular flexibility index (Phi) is 6.70. The number of rotatable bonds is 4. The van der Waals surface area contributed by atoms with Gasteiger partial charge in [0, 0.05) is 25.0 Å². The van der Waals surface area contributed by atoms with Crippen LogP contribution in [-0.2, 0) is 18.6 Å². The molecule has 0 aromatic heterocycles. The highest BCUT2D eigenvalue weighted by atomic mass is 28.4. The first kappa shape index (κ1) is 24.0. The van der Waals surface area contributed by atoms with Gasteiger partial charge in [-0.25, -0.2) is 4.79 Å². The zero-order valence-corrected chi connectivity index (χ0v) is 21.3. The summed E-state index contributed by atoms with van der Waals surface area (Å²) in [6, 6.07) is 0.152. The highest BCUT2D eigenvalue weighted by Gasteiger charge is 2.58. The van der Waals surface area contributed by atoms with Crippen molar-refractivity contribution in [3.63, 3.8) is 0 Å². The summed E-state index contributed by atoms with van der Waals surface area (Å²) in [4.78, 5) is 12.2. The van der Waals surface area contributed by atoms with E-state index in [4.69, 9.17) is 18.6 Å². The van der Waals surface area contributed by atoms with E-state index in [0.29, 0.717) is 31.7 Å². The molecule has 2 aliphatic carbocycles. The quantitative estimate of drug-likeness (QED) is 0.616. The van der Waals surface area contributed by atoms with Crippen LogP contribution in [0.3, 0.4) is 0 Å². The van der Waals surface area contributed by atoms with Crippen LogP contribution >= 0.6 is 0 Å². The number of carbonyl (C=O) groups excluding carboxylic acids is 1. The lowest BCUT2D eigenvalue weighted by Crippen LogP contribution is -2.47. The van der Waals surface area contributed by atoms with Crippen LogP contribution in [0, 0.1) is 17.8 Å². The van der Waals surface area contributed by atoms with Crippen LogP contribution in [-0.4, -0.2) is 51.7 Å². The molecule has 1 saturated heterocycles. The Bertz CT molecular complexity index is 618. The van der Waals surface area contributed by atoms with E-state index in [1.165, 1.54) is 0 Å². The minimum atomic E-state index is -1.84. The van der Waals surface area contributed by atoms with Crippen LogP contribution in [0.15, 0.2) is 0 Å². The van der Waals surface area contributed by atoms with E-state index < -0.39 is 19.7 Å². The molecule has 3 rings (SSSR count). The fraction of sp³-hybridized carbons (Fsp3) is 0.957. The molecule has 0 aromatic rings. The molecule has 1 amide bonds. The number of alkyl carbamates (subject to hydrolysis) is 1. The second-order valence-electron chi connectivity index (χ2n) is 12.0. The molecule has 7 heteroatoms. The second kappa shape index (κ2) is 8.37. The molecular weight excluding hydrogens is 398 g/mol. The Morgan fingerprint density at radius 3 is 2.30 bits per heavy atom. The van der Waals surface area contributed by atoms with Gasteiger partial charge in [-0.3, -0.25) is 0 Å². The molecule has 1 N–H and O–H groups in total. The molecule has 3 fully saturated rings. The maximum absolute atomic E-state index is 12.2. The molecule has 3 aliphatic rings. The number of hydrogen-bond donors (Lipinski definition) is 1. The number of amides is 1. The molecule has 174 valence electrons. The van der Waals surface area contributed by atoms with Crippen LogP contribution in [0.1, 0.15) is 67.2 Å². The fourth-order valence-corrected chi connectivity index (χ4v) is 6.10. The average Bonchev–Trinajstić information content (AvgIpc) is 3.14. The zero-order chi connectivity index (χ0) is 22.4. The second-order valence-corrected chi connectivity index (χ2v) is 16.8. The molecule has 0 bridgehead atoms. The van der Waals surface area contributed by atoms with Crippen molar-refractivity contribution < 1.29 is 23.4 Å². The van der Waals surface area contributed by atoms with E-state index >= 15 is 0 Å². The summed E-state index contributed by atoms with van der Waals surface area (Å²) >= 11 is 0. The van der Waals surface area contributed by atoms with Gasteiger partial charge in [0.25, 0.3) is 0 Å². The Morgan fingerprint density at radius 1 is 1.10 bits per heavy atom. The van der Waals surface area contributed by atoms with Crippen molar-refractivity contribution in [1.29, 1.82) is 0 Å². The third-order valence-electron chi connectivity index (χ3n) is 7.60. The van der Waals surface area contributed by atoms with Crippen LogP contribution in [0.4, 0.5) is 4.79 Å². The molecule has 4 atom stereocenters. The summed E-state index contributed by atoms with van der Waals surface area (Å²) in [5.41, 5.74) is -0.476. The SMILES string of the molecule is CC(C)(C)OC(=O)NC1CC[C@@H]2[C@@H](C1)CC1(OCCO1)[C@H]2CO[Si](C)(C)C(C)(C)C. The first-order valence-electron chi connectivity index (χ1n) is 11.6. The minimum absolute atomic E-state index is 0.152. The van der Waals surface area contributed by atoms with Gasteiger partial charge in [-0.15, -0.1) is 0 Å². The first-order chi connectivity index (χ1) is 13.7. The Hall–Kier alpha value is -0.633. The van der Waals surface area contributed by atoms with Crippen LogP contribution in [0.25, 0.3) is 0 Å². The van der Waals surface area contributed by atoms with Crippen LogP contribution in [0.5, 0.6) is 0 Å². The summed E-state index contributed by atoms with van der Waals surface area (Å²) in [6.07, 6.45) is 3.56. The van der Waals surface area contributed by atoms with E-state index in [9.17, 15) is 4.79 Å². The van der Waals surface area contributed by atoms with Gasteiger partial charge in [-0.2, -0.15) is 0 Å². The summed E-state index contributed by atoms with van der Waals surface area (Å²) < 4.78 is 24.6. The van der Waals surface area contributed by atoms with E-state index in [1.54, 1.807) is 0 Å². The Morgan fingerprint density at radius 2 is 1.73 bits per heavy atom. The Labute approximate surface area is 183 Å². The molecule has 30 heavy (non-hydrogen) atoms. The van der Waals surface area contributed by atoms with E-state index in [1.807, 2.05) is 20.8 Å². The van der Waals surface area contributed by atoms with Crippen molar-refractivity contribution in [2.24, 2.45) is 17.8 Å². The molecule has 1 unspecified atom stereocenters. The molecule has 6 nitrogen and oxygen atoms in total. The van der Waals surface area contributed by atoms with Gasteiger partial charge >= 0.3 is 6.09 Å². The summed E-state index contributed by atoms with van der Waals surface area (Å²) in [5.74, 6) is 0.759. The number of nitrogens with one attached hydrogen (secondary N) is 1. The van der Waals surface area contributed by atoms with Crippen LogP contribution in [0.2, 0.25) is 18.1 Å². The number of hydrogen-bond acceptors (Lipinski definition) is 5. The average molecular weight is 442 g/mol. The van der Waals surface area contributed by atoms with Gasteiger partial charge < -0.3 is 24.0 Å². The molecular formula is C23H43NO5Si. The molecule has 1 aliphatic heterocycles.